The number of ether oxygens (including phenoxy) is 3. The van der Waals surface area contributed by atoms with E-state index in [4.69, 9.17) is 14.2 Å². The third kappa shape index (κ3) is 4.82. The van der Waals surface area contributed by atoms with E-state index in [1.807, 2.05) is 13.1 Å². The molecule has 1 aromatic carbocycles. The molecule has 0 saturated carbocycles. The minimum atomic E-state index is 0.0158. The highest BCUT2D eigenvalue weighted by Gasteiger charge is 2.16. The van der Waals surface area contributed by atoms with E-state index in [0.717, 1.165) is 18.5 Å². The van der Waals surface area contributed by atoms with Crippen molar-refractivity contribution in [3.05, 3.63) is 17.7 Å². The van der Waals surface area contributed by atoms with Crippen LogP contribution in [0.3, 0.4) is 0 Å². The molecule has 0 spiro atoms. The third-order valence-corrected chi connectivity index (χ3v) is 3.09. The Morgan fingerprint density at radius 1 is 1.10 bits per heavy atom. The molecule has 0 saturated heterocycles. The van der Waals surface area contributed by atoms with Crippen molar-refractivity contribution in [3.63, 3.8) is 0 Å². The third-order valence-electron chi connectivity index (χ3n) is 3.09. The van der Waals surface area contributed by atoms with E-state index in [1.165, 1.54) is 0 Å². The van der Waals surface area contributed by atoms with E-state index in [1.54, 1.807) is 27.4 Å². The number of rotatable bonds is 9. The smallest absolute Gasteiger partial charge is 0.220 e. The molecule has 0 atom stereocenters. The van der Waals surface area contributed by atoms with Gasteiger partial charge >= 0.3 is 0 Å². The summed E-state index contributed by atoms with van der Waals surface area (Å²) in [4.78, 5) is 11.7. The molecule has 0 radical (unpaired) electrons. The lowest BCUT2D eigenvalue weighted by atomic mass is 10.1. The molecule has 0 aliphatic carbocycles. The molecule has 0 unspecified atom stereocenters. The fourth-order valence-corrected chi connectivity index (χ4v) is 2.01. The van der Waals surface area contributed by atoms with Gasteiger partial charge < -0.3 is 24.8 Å². The molecular formula is C15H24N2O4. The standard InChI is InChI=1S/C15H24N2O4/c1-16-9-5-6-13(18)17-10-11-7-8-12(19-2)15(21-4)14(11)20-3/h7-8,16H,5-6,9-10H2,1-4H3,(H,17,18). The first-order valence-electron chi connectivity index (χ1n) is 6.87. The van der Waals surface area contributed by atoms with Crippen LogP contribution in [-0.2, 0) is 11.3 Å². The normalized spacial score (nSPS) is 10.1. The van der Waals surface area contributed by atoms with Gasteiger partial charge in [-0.25, -0.2) is 0 Å². The summed E-state index contributed by atoms with van der Waals surface area (Å²) in [6.07, 6.45) is 1.31. The molecule has 0 bridgehead atoms. The average Bonchev–Trinajstić information content (AvgIpc) is 2.51. The van der Waals surface area contributed by atoms with Crippen LogP contribution in [0.4, 0.5) is 0 Å². The van der Waals surface area contributed by atoms with Gasteiger partial charge in [-0.2, -0.15) is 0 Å². The molecule has 2 N–H and O–H groups in total. The number of amides is 1. The molecule has 21 heavy (non-hydrogen) atoms. The van der Waals surface area contributed by atoms with E-state index < -0.39 is 0 Å². The van der Waals surface area contributed by atoms with Crippen LogP contribution in [0, 0.1) is 0 Å². The molecule has 0 aliphatic rings. The summed E-state index contributed by atoms with van der Waals surface area (Å²) in [5, 5.41) is 5.89. The molecule has 6 nitrogen and oxygen atoms in total. The van der Waals surface area contributed by atoms with Gasteiger partial charge in [0, 0.05) is 18.5 Å². The Hall–Kier alpha value is -1.95. The Morgan fingerprint density at radius 3 is 2.38 bits per heavy atom. The molecule has 118 valence electrons. The minimum absolute atomic E-state index is 0.0158. The van der Waals surface area contributed by atoms with E-state index in [-0.39, 0.29) is 5.91 Å². The van der Waals surface area contributed by atoms with Crippen molar-refractivity contribution in [1.29, 1.82) is 0 Å². The second kappa shape index (κ2) is 9.07. The first-order chi connectivity index (χ1) is 10.2. The van der Waals surface area contributed by atoms with Gasteiger partial charge in [-0.05, 0) is 32.1 Å². The fraction of sp³-hybridized carbons (Fsp3) is 0.533. The van der Waals surface area contributed by atoms with Crippen LogP contribution in [0.15, 0.2) is 12.1 Å². The molecule has 6 heteroatoms. The van der Waals surface area contributed by atoms with Gasteiger partial charge in [0.2, 0.25) is 11.7 Å². The molecule has 1 aromatic rings. The Balaban J connectivity index is 2.72. The molecule has 1 rings (SSSR count). The van der Waals surface area contributed by atoms with Gasteiger partial charge in [0.05, 0.1) is 21.3 Å². The van der Waals surface area contributed by atoms with Crippen molar-refractivity contribution in [2.75, 3.05) is 34.9 Å². The molecular weight excluding hydrogens is 272 g/mol. The first-order valence-corrected chi connectivity index (χ1v) is 6.87. The van der Waals surface area contributed by atoms with Crippen molar-refractivity contribution in [2.45, 2.75) is 19.4 Å². The van der Waals surface area contributed by atoms with Crippen LogP contribution in [0.2, 0.25) is 0 Å². The average molecular weight is 296 g/mol. The van der Waals surface area contributed by atoms with Gasteiger partial charge in [0.1, 0.15) is 0 Å². The quantitative estimate of drug-likeness (QED) is 0.673. The summed E-state index contributed by atoms with van der Waals surface area (Å²) in [5.41, 5.74) is 0.845. The highest BCUT2D eigenvalue weighted by Crippen LogP contribution is 2.39. The van der Waals surface area contributed by atoms with Crippen molar-refractivity contribution >= 4 is 5.91 Å². The Labute approximate surface area is 125 Å². The number of carbonyl (C=O) groups is 1. The van der Waals surface area contributed by atoms with Crippen molar-refractivity contribution in [1.82, 2.24) is 10.6 Å². The molecule has 1 amide bonds. The maximum absolute atomic E-state index is 11.7. The van der Waals surface area contributed by atoms with Crippen LogP contribution in [0.25, 0.3) is 0 Å². The van der Waals surface area contributed by atoms with Gasteiger partial charge in [-0.3, -0.25) is 4.79 Å². The van der Waals surface area contributed by atoms with Crippen molar-refractivity contribution < 1.29 is 19.0 Å². The highest BCUT2D eigenvalue weighted by atomic mass is 16.5. The van der Waals surface area contributed by atoms with Gasteiger partial charge in [0.15, 0.2) is 11.5 Å². The summed E-state index contributed by atoms with van der Waals surface area (Å²) < 4.78 is 15.9. The lowest BCUT2D eigenvalue weighted by Crippen LogP contribution is -2.24. The maximum Gasteiger partial charge on any atom is 0.220 e. The number of carbonyl (C=O) groups excluding carboxylic acids is 1. The first kappa shape index (κ1) is 17.1. The predicted molar refractivity (Wildman–Crippen MR) is 81.1 cm³/mol. The summed E-state index contributed by atoms with van der Waals surface area (Å²) in [6, 6.07) is 3.65. The second-order valence-electron chi connectivity index (χ2n) is 4.48. The number of methoxy groups -OCH3 is 3. The van der Waals surface area contributed by atoms with E-state index >= 15 is 0 Å². The Morgan fingerprint density at radius 2 is 1.81 bits per heavy atom. The summed E-state index contributed by atoms with van der Waals surface area (Å²) in [7, 11) is 6.56. The zero-order valence-electron chi connectivity index (χ0n) is 13.1. The Kier molecular flexibility index (Phi) is 7.39. The number of benzene rings is 1. The van der Waals surface area contributed by atoms with E-state index in [9.17, 15) is 4.79 Å². The Bertz CT molecular complexity index is 463. The fourth-order valence-electron chi connectivity index (χ4n) is 2.01. The van der Waals surface area contributed by atoms with Gasteiger partial charge in [-0.1, -0.05) is 0 Å². The van der Waals surface area contributed by atoms with Crippen molar-refractivity contribution in [3.8, 4) is 17.2 Å². The van der Waals surface area contributed by atoms with Crippen LogP contribution >= 0.6 is 0 Å². The zero-order chi connectivity index (χ0) is 15.7. The largest absolute Gasteiger partial charge is 0.493 e. The lowest BCUT2D eigenvalue weighted by Gasteiger charge is -2.16. The van der Waals surface area contributed by atoms with Gasteiger partial charge in [0.25, 0.3) is 0 Å². The number of hydrogen-bond acceptors (Lipinski definition) is 5. The number of nitrogens with one attached hydrogen (secondary N) is 2. The summed E-state index contributed by atoms with van der Waals surface area (Å²) in [5.74, 6) is 1.72. The predicted octanol–water partition coefficient (Wildman–Crippen LogP) is 1.33. The molecule has 0 aromatic heterocycles. The zero-order valence-corrected chi connectivity index (χ0v) is 13.1. The second-order valence-corrected chi connectivity index (χ2v) is 4.48. The van der Waals surface area contributed by atoms with Crippen molar-refractivity contribution in [2.24, 2.45) is 0 Å². The maximum atomic E-state index is 11.7. The molecule has 0 aliphatic heterocycles. The molecule has 0 heterocycles. The number of hydrogen-bond donors (Lipinski definition) is 2. The topological polar surface area (TPSA) is 68.8 Å². The monoisotopic (exact) mass is 296 g/mol. The van der Waals surface area contributed by atoms with Crippen LogP contribution in [0.5, 0.6) is 17.2 Å². The van der Waals surface area contributed by atoms with Crippen LogP contribution in [-0.4, -0.2) is 40.8 Å². The lowest BCUT2D eigenvalue weighted by molar-refractivity contribution is -0.121. The van der Waals surface area contributed by atoms with Gasteiger partial charge in [-0.15, -0.1) is 0 Å². The SMILES string of the molecule is CNCCCC(=O)NCc1ccc(OC)c(OC)c1OC. The summed E-state index contributed by atoms with van der Waals surface area (Å²) >= 11 is 0. The minimum Gasteiger partial charge on any atom is -0.493 e. The van der Waals surface area contributed by atoms with E-state index in [0.29, 0.717) is 30.2 Å². The summed E-state index contributed by atoms with van der Waals surface area (Å²) in [6.45, 7) is 1.22. The molecule has 0 fully saturated rings. The van der Waals surface area contributed by atoms with Crippen LogP contribution in [0.1, 0.15) is 18.4 Å². The highest BCUT2D eigenvalue weighted by molar-refractivity contribution is 5.76. The van der Waals surface area contributed by atoms with Crippen LogP contribution < -0.4 is 24.8 Å². The van der Waals surface area contributed by atoms with E-state index in [2.05, 4.69) is 10.6 Å².